The molecule has 1 unspecified atom stereocenters. The maximum atomic E-state index is 9.55. The highest BCUT2D eigenvalue weighted by Gasteiger charge is 2.11. The van der Waals surface area contributed by atoms with Crippen molar-refractivity contribution in [3.8, 4) is 12.3 Å². The molecule has 3 heteroatoms. The molecule has 0 aliphatic rings. The van der Waals surface area contributed by atoms with Crippen molar-refractivity contribution in [1.82, 2.24) is 0 Å². The smallest absolute Gasteiger partial charge is 0.0986 e. The van der Waals surface area contributed by atoms with E-state index in [1.165, 1.54) is 11.3 Å². The molecule has 0 amide bonds. The van der Waals surface area contributed by atoms with Crippen LogP contribution >= 0.6 is 22.9 Å². The van der Waals surface area contributed by atoms with E-state index < -0.39 is 6.10 Å². The number of hydrogen-bond acceptors (Lipinski definition) is 2. The SMILES string of the molecule is C#CCCC(O)c1ccsc1Cl. The largest absolute Gasteiger partial charge is 0.388 e. The first-order valence-corrected chi connectivity index (χ1v) is 4.86. The highest BCUT2D eigenvalue weighted by atomic mass is 35.5. The van der Waals surface area contributed by atoms with Crippen LogP contribution in [0.5, 0.6) is 0 Å². The molecule has 0 saturated carbocycles. The predicted octanol–water partition coefficient (Wildman–Crippen LogP) is 2.85. The van der Waals surface area contributed by atoms with E-state index in [4.69, 9.17) is 18.0 Å². The molecule has 12 heavy (non-hydrogen) atoms. The van der Waals surface area contributed by atoms with Gasteiger partial charge in [0, 0.05) is 12.0 Å². The number of terminal acetylenes is 1. The van der Waals surface area contributed by atoms with Crippen LogP contribution in [0.25, 0.3) is 0 Å². The van der Waals surface area contributed by atoms with Crippen molar-refractivity contribution in [1.29, 1.82) is 0 Å². The Kier molecular flexibility index (Phi) is 3.61. The lowest BCUT2D eigenvalue weighted by molar-refractivity contribution is 0.170. The number of thiophene rings is 1. The molecule has 1 N–H and O–H groups in total. The van der Waals surface area contributed by atoms with Crippen LogP contribution in [0.15, 0.2) is 11.4 Å². The highest BCUT2D eigenvalue weighted by Crippen LogP contribution is 2.30. The van der Waals surface area contributed by atoms with E-state index in [0.29, 0.717) is 17.2 Å². The van der Waals surface area contributed by atoms with Gasteiger partial charge < -0.3 is 5.11 Å². The van der Waals surface area contributed by atoms with E-state index in [-0.39, 0.29) is 0 Å². The van der Waals surface area contributed by atoms with Gasteiger partial charge in [-0.25, -0.2) is 0 Å². The van der Waals surface area contributed by atoms with Crippen LogP contribution in [-0.2, 0) is 0 Å². The van der Waals surface area contributed by atoms with Crippen molar-refractivity contribution in [3.63, 3.8) is 0 Å². The van der Waals surface area contributed by atoms with E-state index in [0.717, 1.165) is 5.56 Å². The van der Waals surface area contributed by atoms with Gasteiger partial charge >= 0.3 is 0 Å². The molecule has 0 aliphatic heterocycles. The fourth-order valence-corrected chi connectivity index (χ4v) is 1.94. The molecule has 0 aromatic carbocycles. The van der Waals surface area contributed by atoms with Crippen molar-refractivity contribution >= 4 is 22.9 Å². The van der Waals surface area contributed by atoms with Crippen molar-refractivity contribution in [3.05, 3.63) is 21.3 Å². The standard InChI is InChI=1S/C9H9ClOS/c1-2-3-4-8(11)7-5-6-12-9(7)10/h1,5-6,8,11H,3-4H2. The average Bonchev–Trinajstić information content (AvgIpc) is 2.47. The number of rotatable bonds is 3. The zero-order valence-corrected chi connectivity index (χ0v) is 8.03. The Morgan fingerprint density at radius 3 is 3.00 bits per heavy atom. The van der Waals surface area contributed by atoms with E-state index in [2.05, 4.69) is 5.92 Å². The number of hydrogen-bond donors (Lipinski definition) is 1. The van der Waals surface area contributed by atoms with Crippen LogP contribution in [0.1, 0.15) is 24.5 Å². The second-order valence-electron chi connectivity index (χ2n) is 2.41. The lowest BCUT2D eigenvalue weighted by Gasteiger charge is -2.06. The first-order chi connectivity index (χ1) is 5.75. The summed E-state index contributed by atoms with van der Waals surface area (Å²) < 4.78 is 0.652. The maximum Gasteiger partial charge on any atom is 0.0986 e. The Bertz CT molecular complexity index is 287. The van der Waals surface area contributed by atoms with Gasteiger partial charge in [-0.1, -0.05) is 11.6 Å². The topological polar surface area (TPSA) is 20.2 Å². The molecule has 64 valence electrons. The molecule has 0 radical (unpaired) electrons. The summed E-state index contributed by atoms with van der Waals surface area (Å²) in [4.78, 5) is 0. The minimum atomic E-state index is -0.514. The molecule has 0 saturated heterocycles. The van der Waals surface area contributed by atoms with Gasteiger partial charge in [-0.05, 0) is 17.9 Å². The van der Waals surface area contributed by atoms with Gasteiger partial charge in [0.15, 0.2) is 0 Å². The van der Waals surface area contributed by atoms with E-state index in [9.17, 15) is 5.11 Å². The number of halogens is 1. The zero-order chi connectivity index (χ0) is 8.97. The Balaban J connectivity index is 2.60. The number of aliphatic hydroxyl groups excluding tert-OH is 1. The molecule has 1 heterocycles. The first-order valence-electron chi connectivity index (χ1n) is 3.60. The third-order valence-electron chi connectivity index (χ3n) is 1.57. The average molecular weight is 201 g/mol. The van der Waals surface area contributed by atoms with Gasteiger partial charge in [-0.15, -0.1) is 23.7 Å². The normalized spacial score (nSPS) is 12.4. The minimum Gasteiger partial charge on any atom is -0.388 e. The highest BCUT2D eigenvalue weighted by molar-refractivity contribution is 7.14. The molecule has 1 rings (SSSR count). The summed E-state index contributed by atoms with van der Waals surface area (Å²) in [6.07, 6.45) is 5.72. The molecular formula is C9H9ClOS. The molecule has 1 aromatic heterocycles. The fourth-order valence-electron chi connectivity index (χ4n) is 0.918. The van der Waals surface area contributed by atoms with Gasteiger partial charge in [-0.3, -0.25) is 0 Å². The summed E-state index contributed by atoms with van der Waals surface area (Å²) in [6.45, 7) is 0. The van der Waals surface area contributed by atoms with Gasteiger partial charge in [-0.2, -0.15) is 0 Å². The lowest BCUT2D eigenvalue weighted by Crippen LogP contribution is -1.94. The Morgan fingerprint density at radius 2 is 2.50 bits per heavy atom. The second-order valence-corrected chi connectivity index (χ2v) is 3.93. The third kappa shape index (κ3) is 2.25. The van der Waals surface area contributed by atoms with Crippen LogP contribution in [-0.4, -0.2) is 5.11 Å². The molecule has 0 bridgehead atoms. The molecule has 1 atom stereocenters. The second kappa shape index (κ2) is 4.51. The Hall–Kier alpha value is -0.490. The maximum absolute atomic E-state index is 9.55. The summed E-state index contributed by atoms with van der Waals surface area (Å²) in [5.74, 6) is 2.48. The van der Waals surface area contributed by atoms with Crippen molar-refractivity contribution in [2.45, 2.75) is 18.9 Å². The van der Waals surface area contributed by atoms with E-state index in [1.807, 2.05) is 11.4 Å². The van der Waals surface area contributed by atoms with Crippen LogP contribution in [0, 0.1) is 12.3 Å². The quantitative estimate of drug-likeness (QED) is 0.744. The monoisotopic (exact) mass is 200 g/mol. The van der Waals surface area contributed by atoms with Gasteiger partial charge in [0.25, 0.3) is 0 Å². The van der Waals surface area contributed by atoms with Crippen LogP contribution in [0.3, 0.4) is 0 Å². The lowest BCUT2D eigenvalue weighted by atomic mass is 10.1. The molecular weight excluding hydrogens is 192 g/mol. The number of aliphatic hydroxyl groups is 1. The van der Waals surface area contributed by atoms with Crippen molar-refractivity contribution in [2.75, 3.05) is 0 Å². The Morgan fingerprint density at radius 1 is 1.75 bits per heavy atom. The van der Waals surface area contributed by atoms with E-state index >= 15 is 0 Å². The summed E-state index contributed by atoms with van der Waals surface area (Å²) >= 11 is 7.24. The minimum absolute atomic E-state index is 0.514. The van der Waals surface area contributed by atoms with Gasteiger partial charge in [0.2, 0.25) is 0 Å². The van der Waals surface area contributed by atoms with Gasteiger partial charge in [0.1, 0.15) is 0 Å². The van der Waals surface area contributed by atoms with Crippen molar-refractivity contribution in [2.24, 2.45) is 0 Å². The van der Waals surface area contributed by atoms with Crippen LogP contribution in [0.2, 0.25) is 4.34 Å². The van der Waals surface area contributed by atoms with Crippen LogP contribution < -0.4 is 0 Å². The molecule has 1 aromatic rings. The third-order valence-corrected chi connectivity index (χ3v) is 2.77. The molecule has 0 fully saturated rings. The van der Waals surface area contributed by atoms with Gasteiger partial charge in [0.05, 0.1) is 10.4 Å². The molecule has 0 spiro atoms. The molecule has 0 aliphatic carbocycles. The van der Waals surface area contributed by atoms with Crippen LogP contribution in [0.4, 0.5) is 0 Å². The summed E-state index contributed by atoms with van der Waals surface area (Å²) in [5.41, 5.74) is 0.789. The summed E-state index contributed by atoms with van der Waals surface area (Å²) in [7, 11) is 0. The van der Waals surface area contributed by atoms with Crippen molar-refractivity contribution < 1.29 is 5.11 Å². The summed E-state index contributed by atoms with van der Waals surface area (Å²) in [6, 6.07) is 1.83. The fraction of sp³-hybridized carbons (Fsp3) is 0.333. The first kappa shape index (κ1) is 9.60. The Labute approximate surface area is 81.0 Å². The zero-order valence-electron chi connectivity index (χ0n) is 6.46. The summed E-state index contributed by atoms with van der Waals surface area (Å²) in [5, 5.41) is 11.4. The predicted molar refractivity (Wildman–Crippen MR) is 52.4 cm³/mol. The van der Waals surface area contributed by atoms with E-state index in [1.54, 1.807) is 0 Å². The molecule has 1 nitrogen and oxygen atoms in total.